The van der Waals surface area contributed by atoms with Gasteiger partial charge in [0.25, 0.3) is 5.56 Å². The fraction of sp³-hybridized carbons (Fsp3) is 0.450. The summed E-state index contributed by atoms with van der Waals surface area (Å²) in [7, 11) is 0. The van der Waals surface area contributed by atoms with E-state index in [-0.39, 0.29) is 37.1 Å². The van der Waals surface area contributed by atoms with Gasteiger partial charge in [-0.3, -0.25) is 9.59 Å². The lowest BCUT2D eigenvalue weighted by Crippen LogP contribution is -2.46. The van der Waals surface area contributed by atoms with Gasteiger partial charge in [0, 0.05) is 30.3 Å². The highest BCUT2D eigenvalue weighted by Crippen LogP contribution is 2.37. The molecule has 28 heavy (non-hydrogen) atoms. The van der Waals surface area contributed by atoms with Crippen LogP contribution < -0.4 is 15.0 Å². The Bertz CT molecular complexity index is 971. The van der Waals surface area contributed by atoms with E-state index in [0.29, 0.717) is 41.5 Å². The van der Waals surface area contributed by atoms with Crippen molar-refractivity contribution in [1.82, 2.24) is 14.9 Å². The van der Waals surface area contributed by atoms with E-state index in [9.17, 15) is 14.7 Å². The molecule has 1 aromatic carbocycles. The van der Waals surface area contributed by atoms with Gasteiger partial charge in [0.2, 0.25) is 12.7 Å². The van der Waals surface area contributed by atoms with Gasteiger partial charge >= 0.3 is 0 Å². The maximum absolute atomic E-state index is 12.7. The van der Waals surface area contributed by atoms with Crippen molar-refractivity contribution in [3.8, 4) is 11.5 Å². The fourth-order valence-electron chi connectivity index (χ4n) is 3.91. The van der Waals surface area contributed by atoms with Gasteiger partial charge in [0.15, 0.2) is 11.5 Å². The van der Waals surface area contributed by atoms with E-state index in [4.69, 9.17) is 9.47 Å². The maximum atomic E-state index is 12.7. The van der Waals surface area contributed by atoms with E-state index in [1.807, 2.05) is 18.2 Å². The normalized spacial score (nSPS) is 21.0. The molecule has 0 bridgehead atoms. The number of aliphatic hydroxyl groups is 1. The van der Waals surface area contributed by atoms with Crippen LogP contribution in [0.15, 0.2) is 23.0 Å². The minimum atomic E-state index is -0.686. The summed E-state index contributed by atoms with van der Waals surface area (Å²) in [6.07, 6.45) is -0.0715. The molecule has 1 aromatic heterocycles. The zero-order valence-electron chi connectivity index (χ0n) is 15.9. The molecule has 2 aromatic rings. The summed E-state index contributed by atoms with van der Waals surface area (Å²) >= 11 is 0. The lowest BCUT2D eigenvalue weighted by Gasteiger charge is -2.36. The number of aliphatic hydroxyl groups excluding tert-OH is 1. The number of aromatic nitrogens is 2. The van der Waals surface area contributed by atoms with Crippen LogP contribution in [0.4, 0.5) is 0 Å². The highest BCUT2D eigenvalue weighted by Gasteiger charge is 2.32. The molecule has 0 unspecified atom stereocenters. The second kappa shape index (κ2) is 7.27. The number of hydrogen-bond acceptors (Lipinski definition) is 6. The Morgan fingerprint density at radius 1 is 1.32 bits per heavy atom. The zero-order valence-corrected chi connectivity index (χ0v) is 15.9. The van der Waals surface area contributed by atoms with Gasteiger partial charge in [-0.1, -0.05) is 6.07 Å². The van der Waals surface area contributed by atoms with Gasteiger partial charge in [-0.25, -0.2) is 4.98 Å². The Balaban J connectivity index is 1.44. The number of fused-ring (bicyclic) bond motifs is 1. The van der Waals surface area contributed by atoms with Gasteiger partial charge in [0.05, 0.1) is 12.5 Å². The van der Waals surface area contributed by atoms with Crippen molar-refractivity contribution in [3.05, 3.63) is 51.2 Å². The Morgan fingerprint density at radius 2 is 2.11 bits per heavy atom. The number of nitrogens with one attached hydrogen (secondary N) is 1. The molecule has 1 amide bonds. The van der Waals surface area contributed by atoms with Gasteiger partial charge < -0.3 is 24.5 Å². The number of piperidine rings is 1. The monoisotopic (exact) mass is 385 g/mol. The molecule has 3 heterocycles. The predicted octanol–water partition coefficient (Wildman–Crippen LogP) is 1.03. The highest BCUT2D eigenvalue weighted by atomic mass is 16.7. The molecule has 8 heteroatoms. The number of H-pyrrole nitrogens is 1. The van der Waals surface area contributed by atoms with Crippen LogP contribution in [-0.2, 0) is 11.2 Å². The van der Waals surface area contributed by atoms with Crippen LogP contribution in [0.5, 0.6) is 11.5 Å². The van der Waals surface area contributed by atoms with Crippen molar-refractivity contribution in [1.29, 1.82) is 0 Å². The minimum absolute atomic E-state index is 0.0180. The first kappa shape index (κ1) is 18.5. The van der Waals surface area contributed by atoms with E-state index in [1.54, 1.807) is 18.7 Å². The molecule has 2 atom stereocenters. The van der Waals surface area contributed by atoms with Gasteiger partial charge in [-0.05, 0) is 38.0 Å². The smallest absolute Gasteiger partial charge is 0.254 e. The predicted molar refractivity (Wildman–Crippen MR) is 101 cm³/mol. The number of aryl methyl sites for hydroxylation is 2. The van der Waals surface area contributed by atoms with Crippen LogP contribution in [0.1, 0.15) is 35.0 Å². The van der Waals surface area contributed by atoms with E-state index in [2.05, 4.69) is 9.97 Å². The molecular weight excluding hydrogens is 362 g/mol. The van der Waals surface area contributed by atoms with Crippen molar-refractivity contribution in [2.75, 3.05) is 19.9 Å². The number of aromatic amines is 1. The molecule has 2 aliphatic heterocycles. The SMILES string of the molecule is Cc1nc(C)c(CC(=O)N2CC[C@@H](c3ccc4c(c3)OCO4)[C@H](O)C2)c(=O)[nH]1. The summed E-state index contributed by atoms with van der Waals surface area (Å²) in [4.78, 5) is 33.3. The van der Waals surface area contributed by atoms with Crippen LogP contribution in [-0.4, -0.2) is 51.9 Å². The van der Waals surface area contributed by atoms with Gasteiger partial charge in [0.1, 0.15) is 5.82 Å². The summed E-state index contributed by atoms with van der Waals surface area (Å²) in [5, 5.41) is 10.7. The van der Waals surface area contributed by atoms with Crippen molar-refractivity contribution in [2.45, 2.75) is 38.7 Å². The molecule has 0 radical (unpaired) electrons. The summed E-state index contributed by atoms with van der Waals surface area (Å²) in [5.41, 5.74) is 1.63. The number of likely N-dealkylation sites (tertiary alicyclic amines) is 1. The number of hydrogen-bond donors (Lipinski definition) is 2. The third-order valence-corrected chi connectivity index (χ3v) is 5.43. The number of carbonyl (C=O) groups excluding carboxylic acids is 1. The first-order valence-corrected chi connectivity index (χ1v) is 9.34. The number of benzene rings is 1. The maximum Gasteiger partial charge on any atom is 0.254 e. The summed E-state index contributed by atoms with van der Waals surface area (Å²) in [6.45, 7) is 4.39. The molecule has 0 spiro atoms. The molecule has 0 aliphatic carbocycles. The standard InChI is InChI=1S/C20H23N3O5/c1-11-15(20(26)22-12(2)21-11)8-19(25)23-6-5-14(16(24)9-23)13-3-4-17-18(7-13)28-10-27-17/h3-4,7,14,16,24H,5-6,8-10H2,1-2H3,(H,21,22,26)/t14-,16+/m0/s1. The van der Waals surface area contributed by atoms with Crippen molar-refractivity contribution in [2.24, 2.45) is 0 Å². The topological polar surface area (TPSA) is 105 Å². The largest absolute Gasteiger partial charge is 0.454 e. The van der Waals surface area contributed by atoms with E-state index in [0.717, 1.165) is 5.56 Å². The van der Waals surface area contributed by atoms with Crippen molar-refractivity contribution in [3.63, 3.8) is 0 Å². The molecule has 0 saturated carbocycles. The average Bonchev–Trinajstić information content (AvgIpc) is 3.12. The summed E-state index contributed by atoms with van der Waals surface area (Å²) in [6, 6.07) is 5.68. The third kappa shape index (κ3) is 3.47. The third-order valence-electron chi connectivity index (χ3n) is 5.43. The Labute approximate surface area is 162 Å². The number of nitrogens with zero attached hydrogens (tertiary/aromatic N) is 2. The van der Waals surface area contributed by atoms with E-state index < -0.39 is 6.10 Å². The van der Waals surface area contributed by atoms with Crippen LogP contribution in [0.2, 0.25) is 0 Å². The Morgan fingerprint density at radius 3 is 2.86 bits per heavy atom. The molecule has 8 nitrogen and oxygen atoms in total. The molecule has 1 fully saturated rings. The number of carbonyl (C=O) groups is 1. The quantitative estimate of drug-likeness (QED) is 0.818. The second-order valence-corrected chi connectivity index (χ2v) is 7.31. The molecule has 2 aliphatic rings. The molecular formula is C20H23N3O5. The lowest BCUT2D eigenvalue weighted by atomic mass is 9.86. The Hall–Kier alpha value is -2.87. The lowest BCUT2D eigenvalue weighted by molar-refractivity contribution is -0.134. The van der Waals surface area contributed by atoms with Crippen LogP contribution in [0, 0.1) is 13.8 Å². The molecule has 1 saturated heterocycles. The molecule has 2 N–H and O–H groups in total. The van der Waals surface area contributed by atoms with E-state index >= 15 is 0 Å². The number of amides is 1. The summed E-state index contributed by atoms with van der Waals surface area (Å²) in [5.74, 6) is 1.66. The number of rotatable bonds is 3. The van der Waals surface area contributed by atoms with Crippen LogP contribution in [0.25, 0.3) is 0 Å². The Kier molecular flexibility index (Phi) is 4.80. The zero-order chi connectivity index (χ0) is 19.8. The first-order valence-electron chi connectivity index (χ1n) is 9.34. The molecule has 4 rings (SSSR count). The van der Waals surface area contributed by atoms with Gasteiger partial charge in [-0.15, -0.1) is 0 Å². The van der Waals surface area contributed by atoms with Crippen LogP contribution in [0.3, 0.4) is 0 Å². The van der Waals surface area contributed by atoms with Crippen LogP contribution >= 0.6 is 0 Å². The van der Waals surface area contributed by atoms with Gasteiger partial charge in [-0.2, -0.15) is 0 Å². The minimum Gasteiger partial charge on any atom is -0.454 e. The number of ether oxygens (including phenoxy) is 2. The average molecular weight is 385 g/mol. The van der Waals surface area contributed by atoms with Crippen molar-refractivity contribution < 1.29 is 19.4 Å². The van der Waals surface area contributed by atoms with E-state index in [1.165, 1.54) is 0 Å². The molecule has 148 valence electrons. The number of β-amino-alcohol motifs (C(OH)–C–C–N with tert-alkyl or cyclic N) is 1. The fourth-order valence-corrected chi connectivity index (χ4v) is 3.91. The first-order chi connectivity index (χ1) is 13.4. The van der Waals surface area contributed by atoms with Crippen molar-refractivity contribution >= 4 is 5.91 Å². The summed E-state index contributed by atoms with van der Waals surface area (Å²) < 4.78 is 10.7. The highest BCUT2D eigenvalue weighted by molar-refractivity contribution is 5.79. The second-order valence-electron chi connectivity index (χ2n) is 7.31.